The first kappa shape index (κ1) is 13.1. The van der Waals surface area contributed by atoms with Gasteiger partial charge in [-0.1, -0.05) is 37.5 Å². The second kappa shape index (κ2) is 5.55. The van der Waals surface area contributed by atoms with E-state index in [4.69, 9.17) is 4.74 Å². The molecular weight excluding hydrogens is 248 g/mol. The van der Waals surface area contributed by atoms with Crippen LogP contribution in [0.3, 0.4) is 0 Å². The van der Waals surface area contributed by atoms with Crippen molar-refractivity contribution in [1.29, 1.82) is 0 Å². The summed E-state index contributed by atoms with van der Waals surface area (Å²) in [6.07, 6.45) is 2.48. The SMILES string of the molecule is CCCCC#C[C@H]1O[C@@H]1S(=O)(=O)c1ccccc1. The lowest BCUT2D eigenvalue weighted by Crippen LogP contribution is -2.10. The van der Waals surface area contributed by atoms with Crippen LogP contribution < -0.4 is 0 Å². The average Bonchev–Trinajstić information content (AvgIpc) is 3.16. The molecule has 0 spiro atoms. The molecule has 0 aliphatic carbocycles. The second-order valence-electron chi connectivity index (χ2n) is 4.21. The molecule has 0 N–H and O–H groups in total. The molecule has 0 radical (unpaired) electrons. The van der Waals surface area contributed by atoms with Gasteiger partial charge in [0, 0.05) is 6.42 Å². The largest absolute Gasteiger partial charge is 0.338 e. The molecule has 0 bridgehead atoms. The monoisotopic (exact) mass is 264 g/mol. The molecule has 1 aliphatic rings. The predicted octanol–water partition coefficient (Wildman–Crippen LogP) is 2.38. The highest BCUT2D eigenvalue weighted by molar-refractivity contribution is 7.92. The van der Waals surface area contributed by atoms with E-state index in [1.807, 2.05) is 0 Å². The Hall–Kier alpha value is -1.31. The van der Waals surface area contributed by atoms with E-state index in [1.54, 1.807) is 30.3 Å². The zero-order valence-corrected chi connectivity index (χ0v) is 11.1. The van der Waals surface area contributed by atoms with Crippen molar-refractivity contribution in [2.75, 3.05) is 0 Å². The van der Waals surface area contributed by atoms with Crippen LogP contribution in [-0.4, -0.2) is 20.0 Å². The smallest absolute Gasteiger partial charge is 0.208 e. The van der Waals surface area contributed by atoms with Crippen molar-refractivity contribution < 1.29 is 13.2 Å². The molecule has 0 amide bonds. The van der Waals surface area contributed by atoms with Gasteiger partial charge in [0.25, 0.3) is 0 Å². The zero-order valence-electron chi connectivity index (χ0n) is 10.3. The highest BCUT2D eigenvalue weighted by atomic mass is 32.2. The quantitative estimate of drug-likeness (QED) is 0.476. The number of benzene rings is 1. The van der Waals surface area contributed by atoms with Crippen molar-refractivity contribution >= 4 is 9.84 Å². The van der Waals surface area contributed by atoms with Crippen LogP contribution in [0.15, 0.2) is 35.2 Å². The van der Waals surface area contributed by atoms with Gasteiger partial charge in [-0.3, -0.25) is 0 Å². The Labute approximate surface area is 108 Å². The molecule has 1 aliphatic heterocycles. The topological polar surface area (TPSA) is 46.7 Å². The van der Waals surface area contributed by atoms with Crippen LogP contribution in [0.5, 0.6) is 0 Å². The minimum absolute atomic E-state index is 0.299. The van der Waals surface area contributed by atoms with Gasteiger partial charge in [0.1, 0.15) is 0 Å². The Bertz CT molecular complexity index is 552. The number of hydrogen-bond acceptors (Lipinski definition) is 3. The fraction of sp³-hybridized carbons (Fsp3) is 0.429. The van der Waals surface area contributed by atoms with Crippen LogP contribution in [0, 0.1) is 11.8 Å². The maximum Gasteiger partial charge on any atom is 0.208 e. The Morgan fingerprint density at radius 2 is 2.00 bits per heavy atom. The molecule has 96 valence electrons. The van der Waals surface area contributed by atoms with E-state index in [-0.39, 0.29) is 0 Å². The second-order valence-corrected chi connectivity index (χ2v) is 6.23. The first-order valence-corrected chi connectivity index (χ1v) is 7.63. The average molecular weight is 264 g/mol. The lowest BCUT2D eigenvalue weighted by Gasteiger charge is -1.98. The first-order valence-electron chi connectivity index (χ1n) is 6.09. The van der Waals surface area contributed by atoms with E-state index < -0.39 is 21.4 Å². The fourth-order valence-corrected chi connectivity index (χ4v) is 3.08. The van der Waals surface area contributed by atoms with E-state index in [0.717, 1.165) is 19.3 Å². The van der Waals surface area contributed by atoms with E-state index >= 15 is 0 Å². The molecule has 1 saturated heterocycles. The maximum atomic E-state index is 12.1. The standard InChI is InChI=1S/C14H16O3S/c1-2-3-4-8-11-13-14(17-13)18(15,16)12-9-6-5-7-10-12/h5-7,9-10,13-14H,2-4H2,1H3/t13-,14-/m1/s1. The van der Waals surface area contributed by atoms with Crippen molar-refractivity contribution in [3.8, 4) is 11.8 Å². The predicted molar refractivity (Wildman–Crippen MR) is 69.6 cm³/mol. The normalized spacial score (nSPS) is 22.1. The van der Waals surface area contributed by atoms with Gasteiger partial charge < -0.3 is 4.74 Å². The summed E-state index contributed by atoms with van der Waals surface area (Å²) in [6.45, 7) is 2.10. The number of ether oxygens (including phenoxy) is 1. The minimum Gasteiger partial charge on any atom is -0.338 e. The van der Waals surface area contributed by atoms with Crippen LogP contribution in [-0.2, 0) is 14.6 Å². The molecule has 0 unspecified atom stereocenters. The summed E-state index contributed by atoms with van der Waals surface area (Å²) < 4.78 is 29.4. The van der Waals surface area contributed by atoms with E-state index in [9.17, 15) is 8.42 Å². The van der Waals surface area contributed by atoms with Crippen molar-refractivity contribution in [3.05, 3.63) is 30.3 Å². The minimum atomic E-state index is -3.38. The number of unbranched alkanes of at least 4 members (excludes halogenated alkanes) is 2. The zero-order chi connectivity index (χ0) is 13.0. The van der Waals surface area contributed by atoms with Crippen LogP contribution in [0.1, 0.15) is 26.2 Å². The van der Waals surface area contributed by atoms with Crippen LogP contribution in [0.2, 0.25) is 0 Å². The number of hydrogen-bond donors (Lipinski definition) is 0. The number of rotatable bonds is 4. The Morgan fingerprint density at radius 3 is 2.67 bits per heavy atom. The van der Waals surface area contributed by atoms with Crippen molar-refractivity contribution in [2.24, 2.45) is 0 Å². The van der Waals surface area contributed by atoms with Crippen LogP contribution in [0.4, 0.5) is 0 Å². The van der Waals surface area contributed by atoms with Crippen LogP contribution >= 0.6 is 0 Å². The van der Waals surface area contributed by atoms with Crippen molar-refractivity contribution in [1.82, 2.24) is 0 Å². The molecule has 1 aromatic carbocycles. The molecule has 4 heteroatoms. The summed E-state index contributed by atoms with van der Waals surface area (Å²) in [4.78, 5) is 0.299. The summed E-state index contributed by atoms with van der Waals surface area (Å²) in [5, 5.41) is 0. The molecule has 1 fully saturated rings. The molecule has 3 nitrogen and oxygen atoms in total. The van der Waals surface area contributed by atoms with Gasteiger partial charge >= 0.3 is 0 Å². The van der Waals surface area contributed by atoms with Gasteiger partial charge in [-0.2, -0.15) is 0 Å². The van der Waals surface area contributed by atoms with Crippen LogP contribution in [0.25, 0.3) is 0 Å². The fourth-order valence-electron chi connectivity index (χ4n) is 1.62. The molecule has 1 heterocycles. The molecular formula is C14H16O3S. The van der Waals surface area contributed by atoms with E-state index in [2.05, 4.69) is 18.8 Å². The molecule has 2 rings (SSSR count). The third-order valence-electron chi connectivity index (χ3n) is 2.73. The molecule has 0 saturated carbocycles. The molecule has 0 aromatic heterocycles. The summed E-state index contributed by atoms with van der Waals surface area (Å²) in [6, 6.07) is 8.36. The third kappa shape index (κ3) is 2.92. The van der Waals surface area contributed by atoms with E-state index in [0.29, 0.717) is 4.90 Å². The number of epoxide rings is 1. The summed E-state index contributed by atoms with van der Waals surface area (Å²) >= 11 is 0. The van der Waals surface area contributed by atoms with Gasteiger partial charge in [-0.15, -0.1) is 5.92 Å². The lowest BCUT2D eigenvalue weighted by molar-refractivity contribution is 0.422. The highest BCUT2D eigenvalue weighted by Gasteiger charge is 2.49. The first-order chi connectivity index (χ1) is 8.66. The summed E-state index contributed by atoms with van der Waals surface area (Å²) in [5.74, 6) is 5.83. The van der Waals surface area contributed by atoms with Gasteiger partial charge in [0.2, 0.25) is 15.3 Å². The van der Waals surface area contributed by atoms with Gasteiger partial charge in [0.05, 0.1) is 4.90 Å². The molecule has 1 aromatic rings. The summed E-state index contributed by atoms with van der Waals surface area (Å²) in [7, 11) is -3.38. The number of sulfone groups is 1. The van der Waals surface area contributed by atoms with E-state index in [1.165, 1.54) is 0 Å². The molecule has 2 atom stereocenters. The maximum absolute atomic E-state index is 12.1. The van der Waals surface area contributed by atoms with Crippen molar-refractivity contribution in [2.45, 2.75) is 42.6 Å². The Morgan fingerprint density at radius 1 is 1.28 bits per heavy atom. The third-order valence-corrected chi connectivity index (χ3v) is 4.63. The molecule has 18 heavy (non-hydrogen) atoms. The van der Waals surface area contributed by atoms with Gasteiger partial charge in [-0.25, -0.2) is 8.42 Å². The Kier molecular flexibility index (Phi) is 4.05. The van der Waals surface area contributed by atoms with Gasteiger partial charge in [-0.05, 0) is 18.6 Å². The lowest BCUT2D eigenvalue weighted by atomic mass is 10.2. The summed E-state index contributed by atoms with van der Waals surface area (Å²) in [5.41, 5.74) is -0.783. The van der Waals surface area contributed by atoms with Crippen molar-refractivity contribution in [3.63, 3.8) is 0 Å². The highest BCUT2D eigenvalue weighted by Crippen LogP contribution is 2.31. The van der Waals surface area contributed by atoms with Gasteiger partial charge in [0.15, 0.2) is 6.10 Å². The Balaban J connectivity index is 2.00.